The van der Waals surface area contributed by atoms with E-state index >= 15 is 0 Å². The lowest BCUT2D eigenvalue weighted by atomic mass is 9.96. The van der Waals surface area contributed by atoms with Crippen LogP contribution in [0.15, 0.2) is 97.1 Å². The number of nitrogens with one attached hydrogen (secondary N) is 1. The predicted molar refractivity (Wildman–Crippen MR) is 133 cm³/mol. The molecular formula is C29H26N2O5. The Morgan fingerprint density at radius 1 is 0.694 bits per heavy atom. The fourth-order valence-corrected chi connectivity index (χ4v) is 4.36. The van der Waals surface area contributed by atoms with E-state index in [1.54, 1.807) is 6.08 Å². The Bertz CT molecular complexity index is 1180. The molecule has 0 aliphatic carbocycles. The van der Waals surface area contributed by atoms with Crippen molar-refractivity contribution in [1.82, 2.24) is 10.2 Å². The molecule has 2 aliphatic heterocycles. The first-order valence-electron chi connectivity index (χ1n) is 11.8. The minimum atomic E-state index is -1.14. The molecule has 0 aromatic heterocycles. The van der Waals surface area contributed by atoms with Crippen LogP contribution in [0.25, 0.3) is 6.08 Å². The molecule has 7 heteroatoms. The number of hydrogen-bond donors (Lipinski definition) is 1. The van der Waals surface area contributed by atoms with Crippen LogP contribution in [0.5, 0.6) is 0 Å². The van der Waals surface area contributed by atoms with Gasteiger partial charge in [-0.2, -0.15) is 0 Å². The summed E-state index contributed by atoms with van der Waals surface area (Å²) in [5, 5.41) is 2.77. The minimum Gasteiger partial charge on any atom is -0.360 e. The SMILES string of the molecule is O=C1NC(C=Cc2ccccc2)C1N1C(=O)C(OCc2ccccc2)C(OCc2ccccc2)C1=O. The van der Waals surface area contributed by atoms with Gasteiger partial charge < -0.3 is 14.8 Å². The second-order valence-electron chi connectivity index (χ2n) is 8.73. The maximum absolute atomic E-state index is 13.5. The van der Waals surface area contributed by atoms with E-state index < -0.39 is 36.1 Å². The molecule has 1 N–H and O–H groups in total. The van der Waals surface area contributed by atoms with Crippen LogP contribution in [-0.4, -0.2) is 46.9 Å². The largest absolute Gasteiger partial charge is 0.360 e. The number of ether oxygens (including phenoxy) is 2. The van der Waals surface area contributed by atoms with Crippen LogP contribution in [0, 0.1) is 0 Å². The van der Waals surface area contributed by atoms with Crippen molar-refractivity contribution in [3.8, 4) is 0 Å². The Kier molecular flexibility index (Phi) is 7.02. The monoisotopic (exact) mass is 482 g/mol. The van der Waals surface area contributed by atoms with E-state index in [1.165, 1.54) is 0 Å². The van der Waals surface area contributed by atoms with Crippen molar-refractivity contribution in [3.63, 3.8) is 0 Å². The van der Waals surface area contributed by atoms with Crippen molar-refractivity contribution >= 4 is 23.8 Å². The van der Waals surface area contributed by atoms with Gasteiger partial charge >= 0.3 is 0 Å². The van der Waals surface area contributed by atoms with E-state index in [0.29, 0.717) is 0 Å². The number of benzene rings is 3. The average Bonchev–Trinajstić information content (AvgIpc) is 3.14. The van der Waals surface area contributed by atoms with E-state index in [4.69, 9.17) is 9.47 Å². The smallest absolute Gasteiger partial charge is 0.262 e. The number of β-lactam (4-membered cyclic amide) rings is 1. The lowest BCUT2D eigenvalue weighted by Crippen LogP contribution is -2.69. The Labute approximate surface area is 209 Å². The number of hydrogen-bond acceptors (Lipinski definition) is 5. The van der Waals surface area contributed by atoms with Gasteiger partial charge in [-0.25, -0.2) is 0 Å². The topological polar surface area (TPSA) is 84.9 Å². The molecule has 7 nitrogen and oxygen atoms in total. The van der Waals surface area contributed by atoms with Gasteiger partial charge in [-0.05, 0) is 16.7 Å². The van der Waals surface area contributed by atoms with Crippen LogP contribution < -0.4 is 5.32 Å². The fraction of sp³-hybridized carbons (Fsp3) is 0.207. The van der Waals surface area contributed by atoms with Crippen LogP contribution in [0.4, 0.5) is 0 Å². The summed E-state index contributed by atoms with van der Waals surface area (Å²) < 4.78 is 11.9. The fourth-order valence-electron chi connectivity index (χ4n) is 4.36. The van der Waals surface area contributed by atoms with Gasteiger partial charge in [0, 0.05) is 0 Å². The number of likely N-dealkylation sites (tertiary alicyclic amines) is 1. The second kappa shape index (κ2) is 10.7. The Balaban J connectivity index is 1.35. The maximum Gasteiger partial charge on any atom is 0.262 e. The van der Waals surface area contributed by atoms with Crippen molar-refractivity contribution in [1.29, 1.82) is 0 Å². The molecule has 3 aromatic carbocycles. The van der Waals surface area contributed by atoms with E-state index in [2.05, 4.69) is 5.32 Å². The van der Waals surface area contributed by atoms with Crippen molar-refractivity contribution < 1.29 is 23.9 Å². The minimum absolute atomic E-state index is 0.137. The van der Waals surface area contributed by atoms with Gasteiger partial charge in [0.15, 0.2) is 12.2 Å². The highest BCUT2D eigenvalue weighted by atomic mass is 16.6. The van der Waals surface area contributed by atoms with Crippen molar-refractivity contribution in [2.24, 2.45) is 0 Å². The Morgan fingerprint density at radius 2 is 1.17 bits per heavy atom. The molecule has 3 amide bonds. The van der Waals surface area contributed by atoms with E-state index in [9.17, 15) is 14.4 Å². The van der Waals surface area contributed by atoms with E-state index in [1.807, 2.05) is 97.1 Å². The summed E-state index contributed by atoms with van der Waals surface area (Å²) >= 11 is 0. The molecule has 4 unspecified atom stereocenters. The van der Waals surface area contributed by atoms with Crippen LogP contribution in [0.2, 0.25) is 0 Å². The third kappa shape index (κ3) is 4.98. The van der Waals surface area contributed by atoms with Crippen LogP contribution >= 0.6 is 0 Å². The van der Waals surface area contributed by atoms with Crippen molar-refractivity contribution in [2.45, 2.75) is 37.5 Å². The molecule has 0 saturated carbocycles. The van der Waals surface area contributed by atoms with Gasteiger partial charge in [0.1, 0.15) is 6.04 Å². The first-order valence-corrected chi connectivity index (χ1v) is 11.8. The molecule has 2 fully saturated rings. The zero-order chi connectivity index (χ0) is 24.9. The molecule has 0 bridgehead atoms. The third-order valence-electron chi connectivity index (χ3n) is 6.27. The molecule has 0 spiro atoms. The van der Waals surface area contributed by atoms with Crippen molar-refractivity contribution in [3.05, 3.63) is 114 Å². The molecule has 4 atom stereocenters. The van der Waals surface area contributed by atoms with E-state index in [-0.39, 0.29) is 19.1 Å². The predicted octanol–water partition coefficient (Wildman–Crippen LogP) is 3.11. The molecule has 3 aromatic rings. The summed E-state index contributed by atoms with van der Waals surface area (Å²) in [5.74, 6) is -1.51. The molecule has 2 heterocycles. The summed E-state index contributed by atoms with van der Waals surface area (Å²) in [5.41, 5.74) is 2.68. The summed E-state index contributed by atoms with van der Waals surface area (Å²) in [4.78, 5) is 40.5. The highest BCUT2D eigenvalue weighted by Crippen LogP contribution is 2.29. The molecule has 2 aliphatic rings. The second-order valence-corrected chi connectivity index (χ2v) is 8.73. The first kappa shape index (κ1) is 23.7. The van der Waals surface area contributed by atoms with Gasteiger partial charge in [0.05, 0.1) is 19.3 Å². The molecule has 5 rings (SSSR count). The molecule has 182 valence electrons. The van der Waals surface area contributed by atoms with Crippen LogP contribution in [-0.2, 0) is 37.1 Å². The van der Waals surface area contributed by atoms with Gasteiger partial charge in [-0.3, -0.25) is 19.3 Å². The highest BCUT2D eigenvalue weighted by Gasteiger charge is 2.57. The number of amides is 3. The van der Waals surface area contributed by atoms with Gasteiger partial charge in [0.25, 0.3) is 11.8 Å². The molecule has 36 heavy (non-hydrogen) atoms. The number of carbonyl (C=O) groups excluding carboxylic acids is 3. The van der Waals surface area contributed by atoms with Gasteiger partial charge in [0.2, 0.25) is 5.91 Å². The highest BCUT2D eigenvalue weighted by molar-refractivity contribution is 6.12. The summed E-state index contributed by atoms with van der Waals surface area (Å²) in [7, 11) is 0. The summed E-state index contributed by atoms with van der Waals surface area (Å²) in [6, 6.07) is 26.9. The zero-order valence-corrected chi connectivity index (χ0v) is 19.5. The average molecular weight is 483 g/mol. The summed E-state index contributed by atoms with van der Waals surface area (Å²) in [6.45, 7) is 0.273. The number of nitrogens with zero attached hydrogens (tertiary/aromatic N) is 1. The Morgan fingerprint density at radius 3 is 1.64 bits per heavy atom. The summed E-state index contributed by atoms with van der Waals surface area (Å²) in [6.07, 6.45) is 1.36. The van der Waals surface area contributed by atoms with Crippen LogP contribution in [0.1, 0.15) is 16.7 Å². The normalized spacial score (nSPS) is 23.7. The maximum atomic E-state index is 13.5. The standard InChI is InChI=1S/C29H26N2O5/c32-27-24(23(30-27)17-16-20-10-4-1-5-11-20)31-28(33)25(35-18-21-12-6-2-7-13-21)26(29(31)34)36-19-22-14-8-3-9-15-22/h1-17,23-26H,18-19H2,(H,30,32). The zero-order valence-electron chi connectivity index (χ0n) is 19.5. The quantitative estimate of drug-likeness (QED) is 0.374. The van der Waals surface area contributed by atoms with Crippen molar-refractivity contribution in [2.75, 3.05) is 0 Å². The number of carbonyl (C=O) groups is 3. The number of rotatable bonds is 9. The molecule has 0 radical (unpaired) electrons. The number of imide groups is 1. The lowest BCUT2D eigenvalue weighted by Gasteiger charge is -2.39. The lowest BCUT2D eigenvalue weighted by molar-refractivity contribution is -0.155. The third-order valence-corrected chi connectivity index (χ3v) is 6.27. The molecular weight excluding hydrogens is 456 g/mol. The Hall–Kier alpha value is -4.07. The molecule has 2 saturated heterocycles. The first-order chi connectivity index (χ1) is 17.6. The van der Waals surface area contributed by atoms with Gasteiger partial charge in [-0.1, -0.05) is 103 Å². The van der Waals surface area contributed by atoms with Crippen LogP contribution in [0.3, 0.4) is 0 Å². The van der Waals surface area contributed by atoms with Gasteiger partial charge in [-0.15, -0.1) is 0 Å². The van der Waals surface area contributed by atoms with E-state index in [0.717, 1.165) is 21.6 Å².